The van der Waals surface area contributed by atoms with Crippen LogP contribution >= 0.6 is 0 Å². The van der Waals surface area contributed by atoms with Crippen molar-refractivity contribution in [2.24, 2.45) is 5.73 Å². The lowest BCUT2D eigenvalue weighted by molar-refractivity contribution is -0.132. The summed E-state index contributed by atoms with van der Waals surface area (Å²) in [6.07, 6.45) is 0.888. The lowest BCUT2D eigenvalue weighted by Gasteiger charge is -2.30. The van der Waals surface area contributed by atoms with Gasteiger partial charge < -0.3 is 10.6 Å². The predicted molar refractivity (Wildman–Crippen MR) is 80.0 cm³/mol. The number of hydrogen-bond acceptors (Lipinski definition) is 4. The first-order valence-corrected chi connectivity index (χ1v) is 8.40. The molecule has 0 radical (unpaired) electrons. The number of nitrogens with one attached hydrogen (secondary N) is 1. The highest BCUT2D eigenvalue weighted by Gasteiger charge is 2.27. The number of carbonyl (C=O) groups is 1. The summed E-state index contributed by atoms with van der Waals surface area (Å²) in [6.45, 7) is 2.20. The first kappa shape index (κ1) is 15.9. The van der Waals surface area contributed by atoms with Crippen molar-refractivity contribution in [3.8, 4) is 0 Å². The number of nitrogens with zero attached hydrogens (tertiary/aromatic N) is 1. The molecule has 2 atom stereocenters. The van der Waals surface area contributed by atoms with Crippen molar-refractivity contribution < 1.29 is 13.2 Å². The van der Waals surface area contributed by atoms with Crippen molar-refractivity contribution in [1.82, 2.24) is 9.62 Å². The van der Waals surface area contributed by atoms with Crippen molar-refractivity contribution in [3.05, 3.63) is 29.8 Å². The van der Waals surface area contributed by atoms with Crippen molar-refractivity contribution in [3.63, 3.8) is 0 Å². The number of carbonyl (C=O) groups excluding carboxylic acids is 1. The van der Waals surface area contributed by atoms with Gasteiger partial charge in [0, 0.05) is 32.1 Å². The minimum Gasteiger partial charge on any atom is -0.344 e. The Morgan fingerprint density at radius 2 is 2.14 bits per heavy atom. The Kier molecular flexibility index (Phi) is 4.65. The minimum absolute atomic E-state index is 0.0457. The molecule has 0 aromatic heterocycles. The van der Waals surface area contributed by atoms with Gasteiger partial charge in [-0.05, 0) is 31.0 Å². The number of piperidine rings is 1. The molecule has 2 rings (SSSR count). The molecule has 1 aliphatic rings. The van der Waals surface area contributed by atoms with E-state index in [2.05, 4.69) is 4.72 Å². The van der Waals surface area contributed by atoms with E-state index in [1.54, 1.807) is 43.1 Å². The fourth-order valence-corrected chi connectivity index (χ4v) is 3.68. The van der Waals surface area contributed by atoms with Crippen LogP contribution in [-0.2, 0) is 14.8 Å². The Bertz CT molecular complexity index is 628. The van der Waals surface area contributed by atoms with Crippen LogP contribution in [0.25, 0.3) is 0 Å². The lowest BCUT2D eigenvalue weighted by Crippen LogP contribution is -2.48. The molecule has 0 saturated carbocycles. The maximum Gasteiger partial charge on any atom is 0.240 e. The molecule has 1 aromatic carbocycles. The summed E-state index contributed by atoms with van der Waals surface area (Å²) in [6, 6.07) is 6.15. The lowest BCUT2D eigenvalue weighted by atomic mass is 10.1. The van der Waals surface area contributed by atoms with Gasteiger partial charge in [0.1, 0.15) is 0 Å². The fourth-order valence-electron chi connectivity index (χ4n) is 2.36. The van der Waals surface area contributed by atoms with E-state index in [1.807, 2.05) is 0 Å². The number of likely N-dealkylation sites (tertiary alicyclic amines) is 1. The van der Waals surface area contributed by atoms with Crippen LogP contribution in [-0.4, -0.2) is 38.9 Å². The monoisotopic (exact) mass is 311 g/mol. The number of sulfonamides is 1. The van der Waals surface area contributed by atoms with Crippen molar-refractivity contribution >= 4 is 15.9 Å². The van der Waals surface area contributed by atoms with Crippen LogP contribution in [0, 0.1) is 0 Å². The molecule has 1 saturated heterocycles. The van der Waals surface area contributed by atoms with Crippen molar-refractivity contribution in [2.45, 2.75) is 36.7 Å². The maximum atomic E-state index is 12.4. The molecular formula is C14H21N3O3S. The summed E-state index contributed by atoms with van der Waals surface area (Å²) in [4.78, 5) is 13.2. The summed E-state index contributed by atoms with van der Waals surface area (Å²) >= 11 is 0. The third kappa shape index (κ3) is 3.81. The molecule has 2 unspecified atom stereocenters. The van der Waals surface area contributed by atoms with Crippen molar-refractivity contribution in [2.75, 3.05) is 13.6 Å². The third-order valence-corrected chi connectivity index (χ3v) is 5.16. The second-order valence-electron chi connectivity index (χ2n) is 5.49. The van der Waals surface area contributed by atoms with Crippen LogP contribution < -0.4 is 10.5 Å². The van der Waals surface area contributed by atoms with Gasteiger partial charge in [0.15, 0.2) is 0 Å². The number of likely N-dealkylation sites (N-methyl/N-ethyl adjacent to an activating group) is 1. The van der Waals surface area contributed by atoms with Crippen LogP contribution in [0.5, 0.6) is 0 Å². The van der Waals surface area contributed by atoms with Gasteiger partial charge in [-0.1, -0.05) is 12.1 Å². The van der Waals surface area contributed by atoms with Gasteiger partial charge in [-0.3, -0.25) is 4.79 Å². The Labute approximate surface area is 125 Å². The highest BCUT2D eigenvalue weighted by molar-refractivity contribution is 7.89. The predicted octanol–water partition coefficient (Wildman–Crippen LogP) is 0.605. The summed E-state index contributed by atoms with van der Waals surface area (Å²) in [5.41, 5.74) is 6.56. The van der Waals surface area contributed by atoms with Gasteiger partial charge in [0.05, 0.1) is 4.90 Å². The zero-order valence-corrected chi connectivity index (χ0v) is 13.1. The van der Waals surface area contributed by atoms with Crippen molar-refractivity contribution in [1.29, 1.82) is 0 Å². The van der Waals surface area contributed by atoms with Gasteiger partial charge in [0.2, 0.25) is 15.9 Å². The molecule has 1 heterocycles. The standard InChI is InChI=1S/C14H21N3O3S/c1-10(15)11-4-3-5-13(8-11)21(19,20)16-12-6-7-14(18)17(2)9-12/h3-5,8,10,12,16H,6-7,9,15H2,1-2H3. The molecule has 21 heavy (non-hydrogen) atoms. The quantitative estimate of drug-likeness (QED) is 0.852. The normalized spacial score (nSPS) is 21.4. The summed E-state index contributed by atoms with van der Waals surface area (Å²) in [5, 5.41) is 0. The second kappa shape index (κ2) is 6.13. The van der Waals surface area contributed by atoms with Gasteiger partial charge in [-0.25, -0.2) is 13.1 Å². The zero-order chi connectivity index (χ0) is 15.6. The number of benzene rings is 1. The number of rotatable bonds is 4. The number of amides is 1. The van der Waals surface area contributed by atoms with Crippen LogP contribution in [0.3, 0.4) is 0 Å². The molecule has 7 heteroatoms. The molecule has 0 aliphatic carbocycles. The van der Waals surface area contributed by atoms with E-state index in [1.165, 1.54) is 0 Å². The van der Waals surface area contributed by atoms with Crippen LogP contribution in [0.2, 0.25) is 0 Å². The van der Waals surface area contributed by atoms with Gasteiger partial charge in [0.25, 0.3) is 0 Å². The topological polar surface area (TPSA) is 92.5 Å². The smallest absolute Gasteiger partial charge is 0.240 e. The van der Waals surface area contributed by atoms with E-state index in [0.717, 1.165) is 5.56 Å². The second-order valence-corrected chi connectivity index (χ2v) is 7.21. The SMILES string of the molecule is CC(N)c1cccc(S(=O)(=O)NC2CCC(=O)N(C)C2)c1. The first-order valence-electron chi connectivity index (χ1n) is 6.91. The van der Waals surface area contributed by atoms with E-state index in [-0.39, 0.29) is 22.9 Å². The Balaban J connectivity index is 2.15. The molecule has 1 aromatic rings. The third-order valence-electron chi connectivity index (χ3n) is 3.64. The summed E-state index contributed by atoms with van der Waals surface area (Å²) in [7, 11) is -1.92. The molecule has 1 amide bonds. The van der Waals surface area contributed by atoms with Gasteiger partial charge in [-0.2, -0.15) is 0 Å². The van der Waals surface area contributed by atoms with Crippen LogP contribution in [0.1, 0.15) is 31.4 Å². The Hall–Kier alpha value is -1.44. The summed E-state index contributed by atoms with van der Waals surface area (Å²) in [5.74, 6) is 0.0457. The first-order chi connectivity index (χ1) is 9.79. The van der Waals surface area contributed by atoms with E-state index >= 15 is 0 Å². The van der Waals surface area contributed by atoms with Crippen LogP contribution in [0.15, 0.2) is 29.2 Å². The fraction of sp³-hybridized carbons (Fsp3) is 0.500. The molecule has 0 spiro atoms. The Morgan fingerprint density at radius 3 is 2.76 bits per heavy atom. The minimum atomic E-state index is -3.60. The van der Waals surface area contributed by atoms with E-state index in [0.29, 0.717) is 19.4 Å². The van der Waals surface area contributed by atoms with Crippen LogP contribution in [0.4, 0.5) is 0 Å². The highest BCUT2D eigenvalue weighted by atomic mass is 32.2. The largest absolute Gasteiger partial charge is 0.344 e. The number of nitrogens with two attached hydrogens (primary N) is 1. The summed E-state index contributed by atoms with van der Waals surface area (Å²) < 4.78 is 27.5. The Morgan fingerprint density at radius 1 is 1.43 bits per heavy atom. The molecule has 3 N–H and O–H groups in total. The average Bonchev–Trinajstić information content (AvgIpc) is 2.43. The molecule has 1 fully saturated rings. The maximum absolute atomic E-state index is 12.4. The van der Waals surface area contributed by atoms with E-state index in [4.69, 9.17) is 5.73 Å². The molecule has 6 nitrogen and oxygen atoms in total. The average molecular weight is 311 g/mol. The zero-order valence-electron chi connectivity index (χ0n) is 12.2. The molecule has 1 aliphatic heterocycles. The van der Waals surface area contributed by atoms with E-state index in [9.17, 15) is 13.2 Å². The molecule has 116 valence electrons. The highest BCUT2D eigenvalue weighted by Crippen LogP contribution is 2.18. The number of hydrogen-bond donors (Lipinski definition) is 2. The van der Waals surface area contributed by atoms with E-state index < -0.39 is 10.0 Å². The van der Waals surface area contributed by atoms with Gasteiger partial charge in [-0.15, -0.1) is 0 Å². The molecular weight excluding hydrogens is 290 g/mol. The van der Waals surface area contributed by atoms with Gasteiger partial charge >= 0.3 is 0 Å². The molecule has 0 bridgehead atoms.